The van der Waals surface area contributed by atoms with Crippen molar-refractivity contribution in [1.82, 2.24) is 0 Å². The van der Waals surface area contributed by atoms with Gasteiger partial charge in [0.15, 0.2) is 0 Å². The molecular formula is C15H16BrNO2. The molecule has 2 aromatic carbocycles. The summed E-state index contributed by atoms with van der Waals surface area (Å²) in [4.78, 5) is 0. The molecule has 0 saturated carbocycles. The zero-order chi connectivity index (χ0) is 13.8. The first-order valence-corrected chi connectivity index (χ1v) is 6.76. The summed E-state index contributed by atoms with van der Waals surface area (Å²) in [5, 5.41) is 13.1. The lowest BCUT2D eigenvalue weighted by atomic mass is 10.1. The van der Waals surface area contributed by atoms with Crippen molar-refractivity contribution in [2.75, 3.05) is 12.4 Å². The third-order valence-corrected chi connectivity index (χ3v) is 3.88. The van der Waals surface area contributed by atoms with Crippen molar-refractivity contribution in [3.63, 3.8) is 0 Å². The Bertz CT molecular complexity index is 584. The molecule has 2 N–H and O–H groups in total. The van der Waals surface area contributed by atoms with E-state index in [4.69, 9.17) is 4.74 Å². The van der Waals surface area contributed by atoms with Crippen molar-refractivity contribution in [2.24, 2.45) is 0 Å². The van der Waals surface area contributed by atoms with E-state index in [-0.39, 0.29) is 5.75 Å². The van der Waals surface area contributed by atoms with Gasteiger partial charge in [-0.15, -0.1) is 0 Å². The summed E-state index contributed by atoms with van der Waals surface area (Å²) in [5.41, 5.74) is 2.99. The van der Waals surface area contributed by atoms with Crippen LogP contribution in [-0.4, -0.2) is 12.2 Å². The molecule has 0 bridgehead atoms. The fraction of sp³-hybridized carbons (Fsp3) is 0.200. The van der Waals surface area contributed by atoms with E-state index in [1.165, 1.54) is 0 Å². The van der Waals surface area contributed by atoms with Crippen molar-refractivity contribution < 1.29 is 9.84 Å². The Kier molecular flexibility index (Phi) is 4.32. The van der Waals surface area contributed by atoms with E-state index < -0.39 is 0 Å². The lowest BCUT2D eigenvalue weighted by Crippen LogP contribution is -2.02. The highest BCUT2D eigenvalue weighted by molar-refractivity contribution is 9.10. The predicted octanol–water partition coefficient (Wildman–Crippen LogP) is 4.08. The molecule has 2 rings (SSSR count). The topological polar surface area (TPSA) is 41.5 Å². The zero-order valence-corrected chi connectivity index (χ0v) is 12.5. The summed E-state index contributed by atoms with van der Waals surface area (Å²) < 4.78 is 6.22. The molecule has 0 fully saturated rings. The van der Waals surface area contributed by atoms with Gasteiger partial charge in [-0.2, -0.15) is 0 Å². The van der Waals surface area contributed by atoms with Crippen LogP contribution in [0.4, 0.5) is 5.69 Å². The Morgan fingerprint density at radius 1 is 1.26 bits per heavy atom. The summed E-state index contributed by atoms with van der Waals surface area (Å²) in [6, 6.07) is 11.2. The highest BCUT2D eigenvalue weighted by Gasteiger charge is 2.05. The number of benzene rings is 2. The maximum absolute atomic E-state index is 9.83. The van der Waals surface area contributed by atoms with E-state index in [0.717, 1.165) is 27.0 Å². The molecule has 0 aromatic heterocycles. The van der Waals surface area contributed by atoms with Gasteiger partial charge in [-0.3, -0.25) is 0 Å². The molecule has 0 radical (unpaired) electrons. The Hall–Kier alpha value is -1.68. The maximum atomic E-state index is 9.83. The van der Waals surface area contributed by atoms with Crippen molar-refractivity contribution in [2.45, 2.75) is 13.5 Å². The Morgan fingerprint density at radius 3 is 2.79 bits per heavy atom. The van der Waals surface area contributed by atoms with Crippen LogP contribution in [0, 0.1) is 6.92 Å². The number of hydrogen-bond donors (Lipinski definition) is 2. The van der Waals surface area contributed by atoms with E-state index >= 15 is 0 Å². The molecule has 0 aliphatic carbocycles. The Balaban J connectivity index is 2.16. The van der Waals surface area contributed by atoms with Gasteiger partial charge in [-0.05, 0) is 42.8 Å². The highest BCUT2D eigenvalue weighted by Crippen LogP contribution is 2.26. The molecule has 0 aliphatic rings. The monoisotopic (exact) mass is 321 g/mol. The smallest absolute Gasteiger partial charge is 0.120 e. The summed E-state index contributed by atoms with van der Waals surface area (Å²) in [7, 11) is 1.61. The predicted molar refractivity (Wildman–Crippen MR) is 80.9 cm³/mol. The number of hydrogen-bond acceptors (Lipinski definition) is 3. The summed E-state index contributed by atoms with van der Waals surface area (Å²) >= 11 is 3.50. The largest absolute Gasteiger partial charge is 0.508 e. The van der Waals surface area contributed by atoms with Crippen molar-refractivity contribution in [1.29, 1.82) is 0 Å². The number of rotatable bonds is 4. The second-order valence-corrected chi connectivity index (χ2v) is 5.11. The molecule has 0 atom stereocenters. The number of halogens is 1. The molecule has 0 aliphatic heterocycles. The molecule has 3 nitrogen and oxygen atoms in total. The maximum Gasteiger partial charge on any atom is 0.120 e. The lowest BCUT2D eigenvalue weighted by molar-refractivity contribution is 0.411. The van der Waals surface area contributed by atoms with Gasteiger partial charge in [0.1, 0.15) is 11.5 Å². The average Bonchev–Trinajstić information content (AvgIpc) is 2.42. The summed E-state index contributed by atoms with van der Waals surface area (Å²) in [6.45, 7) is 2.58. The van der Waals surface area contributed by atoms with Gasteiger partial charge in [-0.1, -0.05) is 22.0 Å². The number of methoxy groups -OCH3 is 1. The molecule has 0 saturated heterocycles. The van der Waals surface area contributed by atoms with Crippen LogP contribution in [0.1, 0.15) is 11.1 Å². The number of phenols is 1. The fourth-order valence-corrected chi connectivity index (χ4v) is 2.19. The van der Waals surface area contributed by atoms with Crippen molar-refractivity contribution in [3.8, 4) is 11.5 Å². The number of phenolic OH excluding ortho intramolecular Hbond substituents is 1. The highest BCUT2D eigenvalue weighted by atomic mass is 79.9. The van der Waals surface area contributed by atoms with Crippen LogP contribution in [0.5, 0.6) is 11.5 Å². The number of ether oxygens (including phenoxy) is 1. The van der Waals surface area contributed by atoms with Crippen LogP contribution >= 0.6 is 15.9 Å². The van der Waals surface area contributed by atoms with Gasteiger partial charge in [-0.25, -0.2) is 0 Å². The minimum atomic E-state index is 0.265. The SMILES string of the molecule is COc1ccc(O)c(CNc2cccc(Br)c2C)c1. The first kappa shape index (κ1) is 13.7. The summed E-state index contributed by atoms with van der Waals surface area (Å²) in [6.07, 6.45) is 0. The van der Waals surface area contributed by atoms with Gasteiger partial charge in [0.2, 0.25) is 0 Å². The van der Waals surface area contributed by atoms with Crippen LogP contribution < -0.4 is 10.1 Å². The van der Waals surface area contributed by atoms with Gasteiger partial charge in [0, 0.05) is 22.3 Å². The minimum absolute atomic E-state index is 0.265. The molecule has 0 heterocycles. The molecule has 0 amide bonds. The molecule has 4 heteroatoms. The number of anilines is 1. The van der Waals surface area contributed by atoms with Gasteiger partial charge in [0.05, 0.1) is 7.11 Å². The molecule has 0 unspecified atom stereocenters. The number of aromatic hydroxyl groups is 1. The fourth-order valence-electron chi connectivity index (χ4n) is 1.82. The van der Waals surface area contributed by atoms with Gasteiger partial charge >= 0.3 is 0 Å². The van der Waals surface area contributed by atoms with Crippen molar-refractivity contribution >= 4 is 21.6 Å². The van der Waals surface area contributed by atoms with E-state index in [0.29, 0.717) is 6.54 Å². The van der Waals surface area contributed by atoms with Crippen LogP contribution in [0.2, 0.25) is 0 Å². The normalized spacial score (nSPS) is 10.3. The average molecular weight is 322 g/mol. The third kappa shape index (κ3) is 3.20. The standard InChI is InChI=1S/C15H16BrNO2/c1-10-13(16)4-3-5-14(10)17-9-11-8-12(19-2)6-7-15(11)18/h3-8,17-18H,9H2,1-2H3. The zero-order valence-electron chi connectivity index (χ0n) is 10.9. The van der Waals surface area contributed by atoms with Gasteiger partial charge in [0.25, 0.3) is 0 Å². The van der Waals surface area contributed by atoms with E-state index in [1.54, 1.807) is 19.2 Å². The second kappa shape index (κ2) is 5.97. The number of nitrogens with one attached hydrogen (secondary N) is 1. The van der Waals surface area contributed by atoms with E-state index in [1.807, 2.05) is 31.2 Å². The van der Waals surface area contributed by atoms with E-state index in [9.17, 15) is 5.11 Å². The summed E-state index contributed by atoms with van der Waals surface area (Å²) in [5.74, 6) is 1.00. The van der Waals surface area contributed by atoms with Crippen molar-refractivity contribution in [3.05, 3.63) is 52.0 Å². The molecular weight excluding hydrogens is 306 g/mol. The minimum Gasteiger partial charge on any atom is -0.508 e. The van der Waals surface area contributed by atoms with Crippen LogP contribution in [0.25, 0.3) is 0 Å². The lowest BCUT2D eigenvalue weighted by Gasteiger charge is -2.12. The van der Waals surface area contributed by atoms with E-state index in [2.05, 4.69) is 21.2 Å². The Morgan fingerprint density at radius 2 is 2.05 bits per heavy atom. The third-order valence-electron chi connectivity index (χ3n) is 3.02. The molecule has 2 aromatic rings. The molecule has 100 valence electrons. The van der Waals surface area contributed by atoms with Crippen LogP contribution in [0.15, 0.2) is 40.9 Å². The van der Waals surface area contributed by atoms with Gasteiger partial charge < -0.3 is 15.2 Å². The molecule has 19 heavy (non-hydrogen) atoms. The first-order valence-electron chi connectivity index (χ1n) is 5.96. The molecule has 0 spiro atoms. The second-order valence-electron chi connectivity index (χ2n) is 4.26. The Labute approximate surface area is 121 Å². The first-order chi connectivity index (χ1) is 9.11. The van der Waals surface area contributed by atoms with Crippen LogP contribution in [0.3, 0.4) is 0 Å². The van der Waals surface area contributed by atoms with Crippen LogP contribution in [-0.2, 0) is 6.54 Å². The quantitative estimate of drug-likeness (QED) is 0.891.